The number of hydrogen-bond acceptors (Lipinski definition) is 2. The molecular weight excluding hydrogens is 241 g/mol. The van der Waals surface area contributed by atoms with Crippen LogP contribution < -0.4 is 0 Å². The minimum absolute atomic E-state index is 0.310. The molecule has 0 aliphatic carbocycles. The van der Waals surface area contributed by atoms with E-state index in [-0.39, 0.29) is 5.82 Å². The summed E-state index contributed by atoms with van der Waals surface area (Å²) in [4.78, 5) is 2.39. The molecule has 19 heavy (non-hydrogen) atoms. The van der Waals surface area contributed by atoms with Crippen LogP contribution in [0.2, 0.25) is 0 Å². The lowest BCUT2D eigenvalue weighted by Crippen LogP contribution is -2.39. The highest BCUT2D eigenvalue weighted by Gasteiger charge is 2.22. The van der Waals surface area contributed by atoms with E-state index in [0.717, 1.165) is 19.6 Å². The molecule has 106 valence electrons. The average Bonchev–Trinajstić information content (AvgIpc) is 2.35. The third-order valence-corrected chi connectivity index (χ3v) is 3.93. The molecule has 2 nitrogen and oxygen atoms in total. The van der Waals surface area contributed by atoms with E-state index >= 15 is 0 Å². The summed E-state index contributed by atoms with van der Waals surface area (Å²) in [6.07, 6.45) is 1.18. The molecule has 0 radical (unpaired) electrons. The van der Waals surface area contributed by atoms with Crippen LogP contribution in [0.3, 0.4) is 0 Å². The highest BCUT2D eigenvalue weighted by atomic mass is 19.1. The van der Waals surface area contributed by atoms with Crippen molar-refractivity contribution < 1.29 is 9.50 Å². The minimum Gasteiger partial charge on any atom is -0.388 e. The summed E-state index contributed by atoms with van der Waals surface area (Å²) in [5.74, 6) is 1.12. The number of halogens is 1. The maximum atomic E-state index is 13.6. The standard InChI is InChI=1S/C16H24FNO/c1-12-9-13(2)11-18(10-12)8-7-16(19)14-5-3-4-6-15(14)17/h3-6,12-13,16,19H,7-11H2,1-2H3. The summed E-state index contributed by atoms with van der Waals surface area (Å²) in [5.41, 5.74) is 0.417. The Kier molecular flexibility index (Phi) is 4.94. The van der Waals surface area contributed by atoms with Gasteiger partial charge in [-0.3, -0.25) is 0 Å². The molecule has 3 heteroatoms. The highest BCUT2D eigenvalue weighted by molar-refractivity contribution is 5.19. The summed E-state index contributed by atoms with van der Waals surface area (Å²) in [7, 11) is 0. The van der Waals surface area contributed by atoms with Gasteiger partial charge in [-0.25, -0.2) is 4.39 Å². The van der Waals surface area contributed by atoms with Crippen molar-refractivity contribution in [2.24, 2.45) is 11.8 Å². The first-order valence-corrected chi connectivity index (χ1v) is 7.21. The largest absolute Gasteiger partial charge is 0.388 e. The molecule has 1 aliphatic rings. The van der Waals surface area contributed by atoms with Gasteiger partial charge in [-0.2, -0.15) is 0 Å². The molecule has 0 amide bonds. The van der Waals surface area contributed by atoms with Gasteiger partial charge in [-0.05, 0) is 30.7 Å². The van der Waals surface area contributed by atoms with Crippen LogP contribution in [0, 0.1) is 17.7 Å². The van der Waals surface area contributed by atoms with E-state index in [4.69, 9.17) is 0 Å². The van der Waals surface area contributed by atoms with E-state index in [1.165, 1.54) is 12.5 Å². The fourth-order valence-electron chi connectivity index (χ4n) is 3.18. The van der Waals surface area contributed by atoms with E-state index < -0.39 is 6.10 Å². The van der Waals surface area contributed by atoms with Gasteiger partial charge in [-0.15, -0.1) is 0 Å². The van der Waals surface area contributed by atoms with Gasteiger partial charge in [0.05, 0.1) is 6.10 Å². The van der Waals surface area contributed by atoms with Gasteiger partial charge in [0.1, 0.15) is 5.82 Å². The lowest BCUT2D eigenvalue weighted by atomic mass is 9.91. The third kappa shape index (κ3) is 4.02. The number of aliphatic hydroxyl groups excluding tert-OH is 1. The number of hydrogen-bond donors (Lipinski definition) is 1. The Labute approximate surface area is 115 Å². The van der Waals surface area contributed by atoms with E-state index in [9.17, 15) is 9.50 Å². The number of benzene rings is 1. The summed E-state index contributed by atoms with van der Waals surface area (Å²) < 4.78 is 13.6. The summed E-state index contributed by atoms with van der Waals surface area (Å²) >= 11 is 0. The first-order chi connectivity index (χ1) is 9.06. The maximum Gasteiger partial charge on any atom is 0.128 e. The molecule has 0 saturated carbocycles. The van der Waals surface area contributed by atoms with Gasteiger partial charge in [-0.1, -0.05) is 32.0 Å². The number of likely N-dealkylation sites (tertiary alicyclic amines) is 1. The Morgan fingerprint density at radius 1 is 1.26 bits per heavy atom. The van der Waals surface area contributed by atoms with Crippen molar-refractivity contribution in [1.29, 1.82) is 0 Å². The van der Waals surface area contributed by atoms with Gasteiger partial charge >= 0.3 is 0 Å². The molecule has 1 saturated heterocycles. The molecule has 0 spiro atoms. The Morgan fingerprint density at radius 3 is 2.53 bits per heavy atom. The predicted octanol–water partition coefficient (Wildman–Crippen LogP) is 3.23. The smallest absolute Gasteiger partial charge is 0.128 e. The normalized spacial score (nSPS) is 26.3. The second-order valence-corrected chi connectivity index (χ2v) is 6.03. The predicted molar refractivity (Wildman–Crippen MR) is 75.4 cm³/mol. The van der Waals surface area contributed by atoms with Gasteiger partial charge in [0.25, 0.3) is 0 Å². The average molecular weight is 265 g/mol. The molecule has 1 fully saturated rings. The fourth-order valence-corrected chi connectivity index (χ4v) is 3.18. The van der Waals surface area contributed by atoms with Crippen LogP contribution in [0.25, 0.3) is 0 Å². The second-order valence-electron chi connectivity index (χ2n) is 6.03. The zero-order valence-corrected chi connectivity index (χ0v) is 11.8. The molecule has 1 N–H and O–H groups in total. The Morgan fingerprint density at radius 2 is 1.89 bits per heavy atom. The SMILES string of the molecule is CC1CC(C)CN(CCC(O)c2ccccc2F)C1. The van der Waals surface area contributed by atoms with Crippen LogP contribution in [0.4, 0.5) is 4.39 Å². The molecule has 1 aromatic rings. The van der Waals surface area contributed by atoms with Crippen LogP contribution in [0.5, 0.6) is 0 Å². The van der Waals surface area contributed by atoms with Crippen molar-refractivity contribution in [1.82, 2.24) is 4.90 Å². The van der Waals surface area contributed by atoms with Crippen LogP contribution >= 0.6 is 0 Å². The van der Waals surface area contributed by atoms with Crippen molar-refractivity contribution in [2.75, 3.05) is 19.6 Å². The minimum atomic E-state index is -0.700. The molecule has 1 heterocycles. The Balaban J connectivity index is 1.87. The number of nitrogens with zero attached hydrogens (tertiary/aromatic N) is 1. The molecule has 3 unspecified atom stereocenters. The van der Waals surface area contributed by atoms with Crippen LogP contribution in [-0.4, -0.2) is 29.6 Å². The zero-order valence-electron chi connectivity index (χ0n) is 11.8. The summed E-state index contributed by atoms with van der Waals surface area (Å²) in [5, 5.41) is 10.1. The highest BCUT2D eigenvalue weighted by Crippen LogP contribution is 2.24. The number of rotatable bonds is 4. The maximum absolute atomic E-state index is 13.6. The van der Waals surface area contributed by atoms with Crippen molar-refractivity contribution in [3.63, 3.8) is 0 Å². The lowest BCUT2D eigenvalue weighted by Gasteiger charge is -2.35. The first kappa shape index (κ1) is 14.5. The lowest BCUT2D eigenvalue weighted by molar-refractivity contribution is 0.101. The van der Waals surface area contributed by atoms with Crippen LogP contribution in [0.15, 0.2) is 24.3 Å². The van der Waals surface area contributed by atoms with Crippen molar-refractivity contribution >= 4 is 0 Å². The van der Waals surface area contributed by atoms with E-state index in [1.54, 1.807) is 18.2 Å². The molecule has 1 aliphatic heterocycles. The van der Waals surface area contributed by atoms with Gasteiger partial charge in [0, 0.05) is 25.2 Å². The second kappa shape index (κ2) is 6.49. The molecule has 3 atom stereocenters. The van der Waals surface area contributed by atoms with E-state index in [2.05, 4.69) is 18.7 Å². The van der Waals surface area contributed by atoms with Crippen LogP contribution in [0.1, 0.15) is 38.4 Å². The molecule has 1 aromatic carbocycles. The molecular formula is C16H24FNO. The van der Waals surface area contributed by atoms with E-state index in [1.807, 2.05) is 0 Å². The topological polar surface area (TPSA) is 23.5 Å². The fraction of sp³-hybridized carbons (Fsp3) is 0.625. The van der Waals surface area contributed by atoms with Gasteiger partial charge in [0.2, 0.25) is 0 Å². The zero-order chi connectivity index (χ0) is 13.8. The van der Waals surface area contributed by atoms with Gasteiger partial charge in [0.15, 0.2) is 0 Å². The van der Waals surface area contributed by atoms with Crippen molar-refractivity contribution in [3.05, 3.63) is 35.6 Å². The van der Waals surface area contributed by atoms with E-state index in [0.29, 0.717) is 23.8 Å². The van der Waals surface area contributed by atoms with Crippen molar-refractivity contribution in [2.45, 2.75) is 32.8 Å². The van der Waals surface area contributed by atoms with Crippen molar-refractivity contribution in [3.8, 4) is 0 Å². The quantitative estimate of drug-likeness (QED) is 0.903. The monoisotopic (exact) mass is 265 g/mol. The van der Waals surface area contributed by atoms with Crippen LogP contribution in [-0.2, 0) is 0 Å². The third-order valence-electron chi connectivity index (χ3n) is 3.93. The summed E-state index contributed by atoms with van der Waals surface area (Å²) in [6, 6.07) is 6.50. The van der Waals surface area contributed by atoms with Gasteiger partial charge < -0.3 is 10.0 Å². The summed E-state index contributed by atoms with van der Waals surface area (Å²) in [6.45, 7) is 7.57. The Bertz CT molecular complexity index is 399. The Hall–Kier alpha value is -0.930. The molecule has 0 aromatic heterocycles. The first-order valence-electron chi connectivity index (χ1n) is 7.21. The molecule has 0 bridgehead atoms. The molecule has 2 rings (SSSR count). The number of aliphatic hydroxyl groups is 1. The number of piperidine rings is 1.